The van der Waals surface area contributed by atoms with Crippen LogP contribution in [0.25, 0.3) is 11.1 Å². The van der Waals surface area contributed by atoms with Crippen LogP contribution in [0, 0.1) is 5.41 Å². The summed E-state index contributed by atoms with van der Waals surface area (Å²) in [6.07, 6.45) is 0.525. The Morgan fingerprint density at radius 3 is 2.17 bits per heavy atom. The van der Waals surface area contributed by atoms with E-state index in [0.29, 0.717) is 26.1 Å². The van der Waals surface area contributed by atoms with Gasteiger partial charge in [0.1, 0.15) is 6.61 Å². The van der Waals surface area contributed by atoms with Gasteiger partial charge in [0, 0.05) is 32.2 Å². The molecule has 1 aliphatic carbocycles. The largest absolute Gasteiger partial charge is 0.481 e. The molecule has 2 N–H and O–H groups in total. The Balaban J connectivity index is 1.24. The fourth-order valence-electron chi connectivity index (χ4n) is 5.47. The lowest BCUT2D eigenvalue weighted by molar-refractivity contribution is -0.164. The summed E-state index contributed by atoms with van der Waals surface area (Å²) in [5.41, 5.74) is 2.91. The molecule has 8 nitrogen and oxygen atoms in total. The minimum atomic E-state index is -0.904. The van der Waals surface area contributed by atoms with Gasteiger partial charge in [-0.2, -0.15) is 0 Å². The third kappa shape index (κ3) is 4.38. The quantitative estimate of drug-likeness (QED) is 0.659. The molecule has 0 atom stereocenters. The molecule has 2 saturated heterocycles. The smallest absolute Gasteiger partial charge is 0.407 e. The van der Waals surface area contributed by atoms with E-state index in [4.69, 9.17) is 9.47 Å². The van der Waals surface area contributed by atoms with Crippen LogP contribution in [0.2, 0.25) is 0 Å². The van der Waals surface area contributed by atoms with Crippen molar-refractivity contribution in [1.29, 1.82) is 0 Å². The molecule has 0 saturated carbocycles. The molecule has 0 spiro atoms. The molecule has 5 rings (SSSR count). The molecule has 2 aromatic rings. The predicted molar refractivity (Wildman–Crippen MR) is 128 cm³/mol. The van der Waals surface area contributed by atoms with Crippen LogP contribution in [-0.2, 0) is 19.1 Å². The molecule has 8 heteroatoms. The zero-order chi connectivity index (χ0) is 24.6. The number of nitrogens with zero attached hydrogens (tertiary/aromatic N) is 1. The first kappa shape index (κ1) is 23.4. The van der Waals surface area contributed by atoms with Gasteiger partial charge in [-0.25, -0.2) is 4.79 Å². The van der Waals surface area contributed by atoms with E-state index in [1.54, 1.807) is 11.8 Å². The lowest BCUT2D eigenvalue weighted by Crippen LogP contribution is -2.63. The van der Waals surface area contributed by atoms with Crippen LogP contribution in [-0.4, -0.2) is 66.4 Å². The van der Waals surface area contributed by atoms with E-state index in [0.717, 1.165) is 22.3 Å². The van der Waals surface area contributed by atoms with Crippen LogP contribution < -0.4 is 5.32 Å². The molecule has 0 aromatic heterocycles. The number of benzene rings is 2. The van der Waals surface area contributed by atoms with Crippen molar-refractivity contribution in [3.05, 3.63) is 59.7 Å². The number of hydrogen-bond acceptors (Lipinski definition) is 5. The van der Waals surface area contributed by atoms with Gasteiger partial charge in [-0.1, -0.05) is 48.5 Å². The van der Waals surface area contributed by atoms with Gasteiger partial charge in [0.05, 0.1) is 17.4 Å². The van der Waals surface area contributed by atoms with Gasteiger partial charge in [-0.15, -0.1) is 0 Å². The molecule has 2 aliphatic heterocycles. The van der Waals surface area contributed by atoms with Crippen molar-refractivity contribution in [3.63, 3.8) is 0 Å². The van der Waals surface area contributed by atoms with E-state index >= 15 is 0 Å². The van der Waals surface area contributed by atoms with Gasteiger partial charge in [0.15, 0.2) is 0 Å². The molecule has 0 unspecified atom stereocenters. The normalized spacial score (nSPS) is 19.7. The average Bonchev–Trinajstić information content (AvgIpc) is 3.14. The Bertz CT molecular complexity index is 1100. The van der Waals surface area contributed by atoms with Crippen LogP contribution in [0.3, 0.4) is 0 Å². The molecule has 184 valence electrons. The van der Waals surface area contributed by atoms with E-state index in [-0.39, 0.29) is 37.9 Å². The summed E-state index contributed by atoms with van der Waals surface area (Å²) >= 11 is 0. The summed E-state index contributed by atoms with van der Waals surface area (Å²) in [4.78, 5) is 38.8. The first-order valence-corrected chi connectivity index (χ1v) is 12.0. The van der Waals surface area contributed by atoms with E-state index in [9.17, 15) is 19.5 Å². The number of ether oxygens (including phenoxy) is 2. The Morgan fingerprint density at radius 2 is 1.60 bits per heavy atom. The molecule has 2 aromatic carbocycles. The standard InChI is InChI=1S/C27H30N2O6/c1-26(24(31)32)16-29(17-26)23(30)14-27(10-12-34-13-11-27)28-25(33)35-15-22-20-8-4-2-6-18(20)19-7-3-5-9-21(19)22/h2-9,22H,10-17H2,1H3,(H,28,33)(H,31,32). The highest BCUT2D eigenvalue weighted by Gasteiger charge is 2.49. The fraction of sp³-hybridized carbons (Fsp3) is 0.444. The molecule has 0 radical (unpaired) electrons. The maximum atomic E-state index is 12.9. The van der Waals surface area contributed by atoms with E-state index in [1.807, 2.05) is 24.3 Å². The highest BCUT2D eigenvalue weighted by atomic mass is 16.5. The first-order chi connectivity index (χ1) is 16.8. The van der Waals surface area contributed by atoms with Crippen molar-refractivity contribution in [3.8, 4) is 11.1 Å². The summed E-state index contributed by atoms with van der Waals surface area (Å²) in [5.74, 6) is -1.11. The molecular formula is C27H30N2O6. The molecule has 3 aliphatic rings. The monoisotopic (exact) mass is 478 g/mol. The summed E-state index contributed by atoms with van der Waals surface area (Å²) < 4.78 is 11.2. The minimum absolute atomic E-state index is 0.0461. The summed E-state index contributed by atoms with van der Waals surface area (Å²) in [7, 11) is 0. The van der Waals surface area contributed by atoms with Crippen molar-refractivity contribution >= 4 is 18.0 Å². The summed E-state index contributed by atoms with van der Waals surface area (Å²) in [5, 5.41) is 12.3. The lowest BCUT2D eigenvalue weighted by Gasteiger charge is -2.47. The Kier molecular flexibility index (Phi) is 6.01. The summed E-state index contributed by atoms with van der Waals surface area (Å²) in [6.45, 7) is 3.06. The van der Waals surface area contributed by atoms with E-state index in [2.05, 4.69) is 29.6 Å². The van der Waals surface area contributed by atoms with Crippen LogP contribution in [0.5, 0.6) is 0 Å². The average molecular weight is 479 g/mol. The number of carbonyl (C=O) groups is 3. The Labute approximate surface area is 204 Å². The van der Waals surface area contributed by atoms with Crippen molar-refractivity contribution in [1.82, 2.24) is 10.2 Å². The molecule has 2 amide bonds. The number of fused-ring (bicyclic) bond motifs is 3. The Hall–Kier alpha value is -3.39. The highest BCUT2D eigenvalue weighted by Crippen LogP contribution is 2.44. The van der Waals surface area contributed by atoms with Crippen molar-refractivity contribution in [2.75, 3.05) is 32.9 Å². The zero-order valence-electron chi connectivity index (χ0n) is 19.8. The number of aliphatic carboxylic acids is 1. The number of nitrogens with one attached hydrogen (secondary N) is 1. The van der Waals surface area contributed by atoms with Crippen LogP contribution >= 0.6 is 0 Å². The fourth-order valence-corrected chi connectivity index (χ4v) is 5.47. The number of carboxylic acid groups (broad SMARTS) is 1. The van der Waals surface area contributed by atoms with Gasteiger partial charge in [-0.3, -0.25) is 9.59 Å². The molecular weight excluding hydrogens is 448 g/mol. The van der Waals surface area contributed by atoms with Crippen molar-refractivity contribution in [2.45, 2.75) is 37.6 Å². The van der Waals surface area contributed by atoms with Crippen LogP contribution in [0.4, 0.5) is 4.79 Å². The maximum absolute atomic E-state index is 12.9. The minimum Gasteiger partial charge on any atom is -0.481 e. The molecule has 35 heavy (non-hydrogen) atoms. The number of hydrogen-bond donors (Lipinski definition) is 2. The third-order valence-corrected chi connectivity index (χ3v) is 7.60. The lowest BCUT2D eigenvalue weighted by atomic mass is 9.80. The number of rotatable bonds is 6. The number of carbonyl (C=O) groups excluding carboxylic acids is 2. The van der Waals surface area contributed by atoms with E-state index in [1.165, 1.54) is 0 Å². The molecule has 2 heterocycles. The maximum Gasteiger partial charge on any atom is 0.407 e. The number of alkyl carbamates (subject to hydrolysis) is 1. The van der Waals surface area contributed by atoms with Crippen molar-refractivity contribution in [2.24, 2.45) is 5.41 Å². The van der Waals surface area contributed by atoms with E-state index < -0.39 is 23.0 Å². The van der Waals surface area contributed by atoms with Gasteiger partial charge >= 0.3 is 12.1 Å². The van der Waals surface area contributed by atoms with Gasteiger partial charge in [-0.05, 0) is 42.0 Å². The topological polar surface area (TPSA) is 105 Å². The van der Waals surface area contributed by atoms with Gasteiger partial charge in [0.25, 0.3) is 0 Å². The molecule has 0 bridgehead atoms. The van der Waals surface area contributed by atoms with Crippen LogP contribution in [0.1, 0.15) is 43.2 Å². The second-order valence-corrected chi connectivity index (χ2v) is 10.1. The van der Waals surface area contributed by atoms with Gasteiger partial charge < -0.3 is 24.8 Å². The summed E-state index contributed by atoms with van der Waals surface area (Å²) in [6, 6.07) is 16.3. The Morgan fingerprint density at radius 1 is 1.03 bits per heavy atom. The zero-order valence-corrected chi connectivity index (χ0v) is 19.8. The number of likely N-dealkylation sites (tertiary alicyclic amines) is 1. The van der Waals surface area contributed by atoms with Gasteiger partial charge in [0.2, 0.25) is 5.91 Å². The molecule has 2 fully saturated rings. The SMILES string of the molecule is CC1(C(=O)O)CN(C(=O)CC2(NC(=O)OCC3c4ccccc4-c4ccccc43)CCOCC2)C1. The van der Waals surface area contributed by atoms with Crippen LogP contribution in [0.15, 0.2) is 48.5 Å². The third-order valence-electron chi connectivity index (χ3n) is 7.60. The number of carboxylic acids is 1. The highest BCUT2D eigenvalue weighted by molar-refractivity contribution is 5.84. The number of amides is 2. The first-order valence-electron chi connectivity index (χ1n) is 12.0. The second kappa shape index (κ2) is 9.00. The predicted octanol–water partition coefficient (Wildman–Crippen LogP) is 3.40. The second-order valence-electron chi connectivity index (χ2n) is 10.1. The van der Waals surface area contributed by atoms with Crippen molar-refractivity contribution < 1.29 is 29.0 Å².